The fourth-order valence-corrected chi connectivity index (χ4v) is 3.35. The average molecular weight is 423 g/mol. The zero-order valence-corrected chi connectivity index (χ0v) is 17.6. The van der Waals surface area contributed by atoms with Crippen molar-refractivity contribution >= 4 is 22.9 Å². The molecule has 1 amide bonds. The SMILES string of the molecule is CCN(CC)CCn1c(NC(=O)CCc2nc(-c3ncn[nH]3)no2)nc2ccccc21. The summed E-state index contributed by atoms with van der Waals surface area (Å²) in [7, 11) is 0. The Bertz CT molecular complexity index is 1130. The van der Waals surface area contributed by atoms with Crippen LogP contribution in [0.3, 0.4) is 0 Å². The Hall–Kier alpha value is -3.60. The molecule has 4 aromatic rings. The second-order valence-corrected chi connectivity index (χ2v) is 7.00. The highest BCUT2D eigenvalue weighted by Gasteiger charge is 2.16. The van der Waals surface area contributed by atoms with Crippen molar-refractivity contribution in [2.45, 2.75) is 33.2 Å². The predicted molar refractivity (Wildman–Crippen MR) is 114 cm³/mol. The maximum Gasteiger partial charge on any atom is 0.239 e. The number of aromatic nitrogens is 7. The van der Waals surface area contributed by atoms with E-state index in [1.54, 1.807) is 0 Å². The molecule has 11 nitrogen and oxygen atoms in total. The summed E-state index contributed by atoms with van der Waals surface area (Å²) in [6.07, 6.45) is 1.87. The molecule has 3 aromatic heterocycles. The maximum absolute atomic E-state index is 12.6. The third kappa shape index (κ3) is 4.77. The molecule has 0 aliphatic rings. The lowest BCUT2D eigenvalue weighted by Gasteiger charge is -2.19. The highest BCUT2D eigenvalue weighted by Crippen LogP contribution is 2.20. The molecule has 0 atom stereocenters. The van der Waals surface area contributed by atoms with Gasteiger partial charge in [0.05, 0.1) is 11.0 Å². The molecule has 4 rings (SSSR count). The zero-order valence-electron chi connectivity index (χ0n) is 17.6. The highest BCUT2D eigenvalue weighted by molar-refractivity contribution is 5.91. The van der Waals surface area contributed by atoms with E-state index < -0.39 is 0 Å². The third-order valence-electron chi connectivity index (χ3n) is 5.10. The van der Waals surface area contributed by atoms with Gasteiger partial charge in [-0.15, -0.1) is 0 Å². The van der Waals surface area contributed by atoms with Crippen LogP contribution in [0.1, 0.15) is 26.2 Å². The Balaban J connectivity index is 1.42. The number of aromatic amines is 1. The molecule has 3 heterocycles. The van der Waals surface area contributed by atoms with Gasteiger partial charge in [0.25, 0.3) is 0 Å². The van der Waals surface area contributed by atoms with Crippen molar-refractivity contribution in [3.05, 3.63) is 36.5 Å². The van der Waals surface area contributed by atoms with E-state index in [1.807, 2.05) is 24.3 Å². The van der Waals surface area contributed by atoms with Crippen LogP contribution in [-0.4, -0.2) is 65.3 Å². The summed E-state index contributed by atoms with van der Waals surface area (Å²) >= 11 is 0. The molecule has 11 heteroatoms. The number of para-hydroxylation sites is 2. The van der Waals surface area contributed by atoms with Crippen LogP contribution in [0, 0.1) is 0 Å². The van der Waals surface area contributed by atoms with E-state index in [-0.39, 0.29) is 12.3 Å². The molecule has 31 heavy (non-hydrogen) atoms. The number of carbonyl (C=O) groups excluding carboxylic acids is 1. The summed E-state index contributed by atoms with van der Waals surface area (Å²) in [4.78, 5) is 27.8. The number of hydrogen-bond acceptors (Lipinski definition) is 8. The molecule has 0 radical (unpaired) electrons. The number of rotatable bonds is 10. The van der Waals surface area contributed by atoms with Gasteiger partial charge in [-0.1, -0.05) is 31.1 Å². The molecular formula is C20H25N9O2. The van der Waals surface area contributed by atoms with Gasteiger partial charge >= 0.3 is 0 Å². The Kier molecular flexibility index (Phi) is 6.32. The Morgan fingerprint density at radius 3 is 2.84 bits per heavy atom. The lowest BCUT2D eigenvalue weighted by molar-refractivity contribution is -0.116. The molecule has 1 aromatic carbocycles. The van der Waals surface area contributed by atoms with E-state index in [0.717, 1.165) is 37.2 Å². The minimum Gasteiger partial charge on any atom is -0.339 e. The number of anilines is 1. The predicted octanol–water partition coefficient (Wildman–Crippen LogP) is 2.12. The van der Waals surface area contributed by atoms with E-state index in [2.05, 4.69) is 58.9 Å². The van der Waals surface area contributed by atoms with Crippen LogP contribution in [-0.2, 0) is 17.8 Å². The fraction of sp³-hybridized carbons (Fsp3) is 0.400. The van der Waals surface area contributed by atoms with Crippen molar-refractivity contribution in [3.63, 3.8) is 0 Å². The molecule has 0 unspecified atom stereocenters. The lowest BCUT2D eigenvalue weighted by atomic mass is 10.3. The van der Waals surface area contributed by atoms with Gasteiger partial charge in [-0.25, -0.2) is 9.97 Å². The minimum absolute atomic E-state index is 0.168. The van der Waals surface area contributed by atoms with E-state index in [0.29, 0.717) is 29.9 Å². The standard InChI is InChI=1S/C20H25N9O2/c1-3-28(4-2)11-12-29-15-8-6-5-7-14(15)23-20(29)24-16(30)9-10-17-25-19(27-31-17)18-21-13-22-26-18/h5-8,13H,3-4,9-12H2,1-2H3,(H,21,22,26)(H,23,24,30). The molecule has 162 valence electrons. The summed E-state index contributed by atoms with van der Waals surface area (Å²) in [5.74, 6) is 1.47. The van der Waals surface area contributed by atoms with Crippen LogP contribution in [0.2, 0.25) is 0 Å². The first kappa shape index (κ1) is 20.7. The van der Waals surface area contributed by atoms with Gasteiger partial charge in [0.1, 0.15) is 6.33 Å². The number of amides is 1. The Morgan fingerprint density at radius 2 is 2.06 bits per heavy atom. The molecule has 2 N–H and O–H groups in total. The Morgan fingerprint density at radius 1 is 1.23 bits per heavy atom. The number of fused-ring (bicyclic) bond motifs is 1. The Labute approximate surface area is 178 Å². The maximum atomic E-state index is 12.6. The largest absolute Gasteiger partial charge is 0.339 e. The van der Waals surface area contributed by atoms with Crippen molar-refractivity contribution in [1.82, 2.24) is 39.8 Å². The zero-order chi connectivity index (χ0) is 21.6. The van der Waals surface area contributed by atoms with Crippen LogP contribution in [0.15, 0.2) is 35.1 Å². The summed E-state index contributed by atoms with van der Waals surface area (Å²) in [6, 6.07) is 7.88. The number of nitrogens with zero attached hydrogens (tertiary/aromatic N) is 7. The molecular weight excluding hydrogens is 398 g/mol. The summed E-state index contributed by atoms with van der Waals surface area (Å²) in [5, 5.41) is 13.2. The van der Waals surface area contributed by atoms with Gasteiger partial charge in [0.2, 0.25) is 23.6 Å². The van der Waals surface area contributed by atoms with Gasteiger partial charge in [-0.05, 0) is 25.2 Å². The monoisotopic (exact) mass is 423 g/mol. The highest BCUT2D eigenvalue weighted by atomic mass is 16.5. The van der Waals surface area contributed by atoms with Gasteiger partial charge in [-0.2, -0.15) is 10.1 Å². The number of H-pyrrole nitrogens is 1. The minimum atomic E-state index is -0.168. The van der Waals surface area contributed by atoms with Crippen LogP contribution < -0.4 is 5.32 Å². The number of hydrogen-bond donors (Lipinski definition) is 2. The second-order valence-electron chi connectivity index (χ2n) is 7.00. The summed E-state index contributed by atoms with van der Waals surface area (Å²) in [5.41, 5.74) is 1.85. The summed E-state index contributed by atoms with van der Waals surface area (Å²) in [6.45, 7) is 7.86. The van der Waals surface area contributed by atoms with E-state index in [9.17, 15) is 4.79 Å². The van der Waals surface area contributed by atoms with Gasteiger partial charge in [0.15, 0.2) is 5.82 Å². The van der Waals surface area contributed by atoms with Gasteiger partial charge < -0.3 is 14.0 Å². The quantitative estimate of drug-likeness (QED) is 0.397. The normalized spacial score (nSPS) is 11.5. The van der Waals surface area contributed by atoms with E-state index in [1.165, 1.54) is 6.33 Å². The van der Waals surface area contributed by atoms with Crippen molar-refractivity contribution < 1.29 is 9.32 Å². The summed E-state index contributed by atoms with van der Waals surface area (Å²) < 4.78 is 7.25. The van der Waals surface area contributed by atoms with Gasteiger partial charge in [0, 0.05) is 25.9 Å². The fourth-order valence-electron chi connectivity index (χ4n) is 3.35. The number of likely N-dealkylation sites (N-methyl/N-ethyl adjacent to an activating group) is 1. The van der Waals surface area contributed by atoms with Crippen LogP contribution in [0.4, 0.5) is 5.95 Å². The number of nitrogens with one attached hydrogen (secondary N) is 2. The molecule has 0 bridgehead atoms. The first-order chi connectivity index (χ1) is 15.2. The molecule has 0 spiro atoms. The smallest absolute Gasteiger partial charge is 0.239 e. The molecule has 0 saturated carbocycles. The van der Waals surface area contributed by atoms with Gasteiger partial charge in [-0.3, -0.25) is 15.2 Å². The second kappa shape index (κ2) is 9.47. The number of carbonyl (C=O) groups is 1. The van der Waals surface area contributed by atoms with Crippen LogP contribution >= 0.6 is 0 Å². The molecule has 0 fully saturated rings. The number of aryl methyl sites for hydroxylation is 1. The van der Waals surface area contributed by atoms with Crippen molar-refractivity contribution in [2.75, 3.05) is 25.0 Å². The van der Waals surface area contributed by atoms with Crippen LogP contribution in [0.5, 0.6) is 0 Å². The lowest BCUT2D eigenvalue weighted by Crippen LogP contribution is -2.27. The first-order valence-corrected chi connectivity index (χ1v) is 10.3. The molecule has 0 saturated heterocycles. The molecule has 0 aliphatic carbocycles. The van der Waals surface area contributed by atoms with Crippen molar-refractivity contribution in [1.29, 1.82) is 0 Å². The van der Waals surface area contributed by atoms with Crippen molar-refractivity contribution in [2.24, 2.45) is 0 Å². The number of benzene rings is 1. The van der Waals surface area contributed by atoms with E-state index >= 15 is 0 Å². The van der Waals surface area contributed by atoms with Crippen molar-refractivity contribution in [3.8, 4) is 11.6 Å². The topological polar surface area (TPSA) is 131 Å². The average Bonchev–Trinajstić information content (AvgIpc) is 3.53. The first-order valence-electron chi connectivity index (χ1n) is 10.3. The van der Waals surface area contributed by atoms with Crippen LogP contribution in [0.25, 0.3) is 22.7 Å². The molecule has 0 aliphatic heterocycles. The number of imidazole rings is 1. The van der Waals surface area contributed by atoms with E-state index in [4.69, 9.17) is 4.52 Å². The third-order valence-corrected chi connectivity index (χ3v) is 5.10.